The number of carbonyl (C=O) groups excluding carboxylic acids is 2. The molecule has 5 rings (SSSR count). The fourth-order valence-corrected chi connectivity index (χ4v) is 4.45. The molecular formula is C27H32N8O3. The summed E-state index contributed by atoms with van der Waals surface area (Å²) in [5.41, 5.74) is 9.00. The zero-order valence-corrected chi connectivity index (χ0v) is 21.4. The predicted molar refractivity (Wildman–Crippen MR) is 146 cm³/mol. The first-order valence-electron chi connectivity index (χ1n) is 12.7. The average molecular weight is 517 g/mol. The van der Waals surface area contributed by atoms with Crippen molar-refractivity contribution < 1.29 is 14.3 Å². The molecule has 11 heteroatoms. The minimum absolute atomic E-state index is 0.0213. The summed E-state index contributed by atoms with van der Waals surface area (Å²) in [4.78, 5) is 39.9. The Bertz CT molecular complexity index is 1270. The number of nitrogens with two attached hydrogens (primary N) is 1. The van der Waals surface area contributed by atoms with E-state index in [9.17, 15) is 9.59 Å². The molecule has 2 aliphatic heterocycles. The summed E-state index contributed by atoms with van der Waals surface area (Å²) in [5.74, 6) is -0.0496. The van der Waals surface area contributed by atoms with Crippen molar-refractivity contribution in [1.29, 1.82) is 0 Å². The number of rotatable bonds is 7. The number of benzene rings is 2. The van der Waals surface area contributed by atoms with Gasteiger partial charge in [-0.2, -0.15) is 4.98 Å². The summed E-state index contributed by atoms with van der Waals surface area (Å²) in [5, 5.41) is 6.33. The molecule has 0 bridgehead atoms. The molecule has 3 heterocycles. The first-order valence-corrected chi connectivity index (χ1v) is 12.7. The molecule has 0 aliphatic carbocycles. The number of hydrogen-bond donors (Lipinski definition) is 3. The zero-order valence-electron chi connectivity index (χ0n) is 21.4. The molecule has 0 radical (unpaired) electrons. The summed E-state index contributed by atoms with van der Waals surface area (Å²) in [6, 6.07) is 15.1. The number of likely N-dealkylation sites (N-methyl/N-ethyl adjacent to an activating group) is 1. The predicted octanol–water partition coefficient (Wildman–Crippen LogP) is 2.29. The summed E-state index contributed by atoms with van der Waals surface area (Å²) in [6.45, 7) is 6.33. The molecule has 0 atom stereocenters. The lowest BCUT2D eigenvalue weighted by Gasteiger charge is -2.34. The number of morpholine rings is 1. The maximum Gasteiger partial charge on any atom is 0.254 e. The summed E-state index contributed by atoms with van der Waals surface area (Å²) < 4.78 is 5.32. The first kappa shape index (κ1) is 25.4. The number of aromatic nitrogens is 2. The van der Waals surface area contributed by atoms with Crippen molar-refractivity contribution in [2.75, 3.05) is 75.1 Å². The Kier molecular flexibility index (Phi) is 7.66. The van der Waals surface area contributed by atoms with Crippen molar-refractivity contribution in [3.63, 3.8) is 0 Å². The van der Waals surface area contributed by atoms with E-state index in [1.54, 1.807) is 29.2 Å². The molecule has 2 fully saturated rings. The standard InChI is InChI=1S/C27H32N8O3/c1-33-10-12-34(13-11-33)22-8-6-20(7-9-22)30-25-23(24(28)36)18-29-27(32-25)31-21-4-2-19(3-5-21)26(37)35-14-16-38-17-15-35/h2-9,18H,10-17H2,1H3,(H2,28,36)(H2,29,30,31,32). The number of nitrogens with one attached hydrogen (secondary N) is 2. The Balaban J connectivity index is 1.27. The molecule has 2 aromatic carbocycles. The quantitative estimate of drug-likeness (QED) is 0.433. The highest BCUT2D eigenvalue weighted by molar-refractivity contribution is 5.98. The van der Waals surface area contributed by atoms with E-state index in [1.165, 1.54) is 6.20 Å². The topological polar surface area (TPSA) is 129 Å². The van der Waals surface area contributed by atoms with Crippen LogP contribution in [0.1, 0.15) is 20.7 Å². The van der Waals surface area contributed by atoms with Crippen LogP contribution in [0.25, 0.3) is 0 Å². The molecule has 0 saturated carbocycles. The van der Waals surface area contributed by atoms with Crippen molar-refractivity contribution in [3.05, 3.63) is 65.9 Å². The van der Waals surface area contributed by atoms with Crippen LogP contribution in [0, 0.1) is 0 Å². The molecule has 3 aromatic rings. The van der Waals surface area contributed by atoms with E-state index in [2.05, 4.69) is 49.6 Å². The highest BCUT2D eigenvalue weighted by Crippen LogP contribution is 2.24. The second-order valence-electron chi connectivity index (χ2n) is 9.39. The van der Waals surface area contributed by atoms with Crippen molar-refractivity contribution in [1.82, 2.24) is 19.8 Å². The number of ether oxygens (including phenoxy) is 1. The Morgan fingerprint density at radius 3 is 2.16 bits per heavy atom. The fraction of sp³-hybridized carbons (Fsp3) is 0.333. The molecule has 198 valence electrons. The number of hydrogen-bond acceptors (Lipinski definition) is 9. The van der Waals surface area contributed by atoms with Gasteiger partial charge in [0.25, 0.3) is 11.8 Å². The third kappa shape index (κ3) is 6.01. The van der Waals surface area contributed by atoms with E-state index in [1.807, 2.05) is 12.1 Å². The van der Waals surface area contributed by atoms with Crippen molar-refractivity contribution in [2.45, 2.75) is 0 Å². The molecule has 2 saturated heterocycles. The number of piperazine rings is 1. The van der Waals surface area contributed by atoms with Crippen molar-refractivity contribution in [3.8, 4) is 0 Å². The lowest BCUT2D eigenvalue weighted by Crippen LogP contribution is -2.44. The molecule has 0 unspecified atom stereocenters. The Labute approximate surface area is 221 Å². The van der Waals surface area contributed by atoms with E-state index in [-0.39, 0.29) is 11.5 Å². The van der Waals surface area contributed by atoms with Crippen LogP contribution in [0.4, 0.5) is 28.8 Å². The van der Waals surface area contributed by atoms with Crippen LogP contribution in [-0.4, -0.2) is 91.1 Å². The van der Waals surface area contributed by atoms with Crippen molar-refractivity contribution in [2.24, 2.45) is 5.73 Å². The lowest BCUT2D eigenvalue weighted by molar-refractivity contribution is 0.0303. The van der Waals surface area contributed by atoms with Crippen LogP contribution < -0.4 is 21.3 Å². The first-order chi connectivity index (χ1) is 18.5. The van der Waals surface area contributed by atoms with Gasteiger partial charge in [-0.05, 0) is 55.6 Å². The van der Waals surface area contributed by atoms with Gasteiger partial charge in [0.2, 0.25) is 5.95 Å². The number of amides is 2. The highest BCUT2D eigenvalue weighted by atomic mass is 16.5. The van der Waals surface area contributed by atoms with E-state index < -0.39 is 5.91 Å². The molecule has 4 N–H and O–H groups in total. The Morgan fingerprint density at radius 1 is 0.868 bits per heavy atom. The van der Waals surface area contributed by atoms with Gasteiger partial charge in [0.1, 0.15) is 11.4 Å². The van der Waals surface area contributed by atoms with Gasteiger partial charge in [-0.25, -0.2) is 4.98 Å². The van der Waals surface area contributed by atoms with Gasteiger partial charge in [0.05, 0.1) is 13.2 Å². The number of carbonyl (C=O) groups is 2. The second-order valence-corrected chi connectivity index (χ2v) is 9.39. The van der Waals surface area contributed by atoms with Crippen LogP contribution in [0.2, 0.25) is 0 Å². The number of primary amides is 1. The zero-order chi connectivity index (χ0) is 26.5. The Hall–Kier alpha value is -4.22. The summed E-state index contributed by atoms with van der Waals surface area (Å²) in [6.07, 6.45) is 1.40. The third-order valence-electron chi connectivity index (χ3n) is 6.74. The normalized spacial score (nSPS) is 16.2. The molecule has 11 nitrogen and oxygen atoms in total. The van der Waals surface area contributed by atoms with Crippen LogP contribution in [0.15, 0.2) is 54.7 Å². The molecule has 0 spiro atoms. The van der Waals surface area contributed by atoms with Gasteiger partial charge in [0, 0.05) is 68.1 Å². The molecule has 2 amide bonds. The monoisotopic (exact) mass is 516 g/mol. The molecule has 2 aliphatic rings. The third-order valence-corrected chi connectivity index (χ3v) is 6.74. The van der Waals surface area contributed by atoms with E-state index in [0.29, 0.717) is 49.3 Å². The number of nitrogens with zero attached hydrogens (tertiary/aromatic N) is 5. The van der Waals surface area contributed by atoms with Crippen LogP contribution in [-0.2, 0) is 4.74 Å². The largest absolute Gasteiger partial charge is 0.378 e. The van der Waals surface area contributed by atoms with E-state index >= 15 is 0 Å². The van der Waals surface area contributed by atoms with Crippen LogP contribution >= 0.6 is 0 Å². The molecule has 1 aromatic heterocycles. The molecule has 38 heavy (non-hydrogen) atoms. The summed E-state index contributed by atoms with van der Waals surface area (Å²) in [7, 11) is 2.13. The SMILES string of the molecule is CN1CCN(c2ccc(Nc3nc(Nc4ccc(C(=O)N5CCOCC5)cc4)ncc3C(N)=O)cc2)CC1. The van der Waals surface area contributed by atoms with Gasteiger partial charge in [-0.3, -0.25) is 9.59 Å². The van der Waals surface area contributed by atoms with E-state index in [4.69, 9.17) is 10.5 Å². The number of anilines is 5. The van der Waals surface area contributed by atoms with Gasteiger partial charge in [-0.1, -0.05) is 0 Å². The average Bonchev–Trinajstić information content (AvgIpc) is 2.94. The maximum absolute atomic E-state index is 12.7. The molecular weight excluding hydrogens is 484 g/mol. The maximum atomic E-state index is 12.7. The lowest BCUT2D eigenvalue weighted by atomic mass is 10.1. The van der Waals surface area contributed by atoms with Gasteiger partial charge < -0.3 is 35.8 Å². The van der Waals surface area contributed by atoms with Gasteiger partial charge >= 0.3 is 0 Å². The minimum Gasteiger partial charge on any atom is -0.378 e. The highest BCUT2D eigenvalue weighted by Gasteiger charge is 2.19. The van der Waals surface area contributed by atoms with Crippen LogP contribution in [0.5, 0.6) is 0 Å². The van der Waals surface area contributed by atoms with Gasteiger partial charge in [-0.15, -0.1) is 0 Å². The van der Waals surface area contributed by atoms with Gasteiger partial charge in [0.15, 0.2) is 0 Å². The van der Waals surface area contributed by atoms with Crippen LogP contribution in [0.3, 0.4) is 0 Å². The Morgan fingerprint density at radius 2 is 1.50 bits per heavy atom. The van der Waals surface area contributed by atoms with E-state index in [0.717, 1.165) is 37.6 Å². The minimum atomic E-state index is -0.626. The smallest absolute Gasteiger partial charge is 0.254 e. The second kappa shape index (κ2) is 11.4. The fourth-order valence-electron chi connectivity index (χ4n) is 4.45. The van der Waals surface area contributed by atoms with Crippen molar-refractivity contribution >= 4 is 40.6 Å². The summed E-state index contributed by atoms with van der Waals surface area (Å²) >= 11 is 0.